The second-order valence-corrected chi connectivity index (χ2v) is 8.39. The third-order valence-corrected chi connectivity index (χ3v) is 6.00. The van der Waals surface area contributed by atoms with Gasteiger partial charge in [-0.05, 0) is 50.7 Å². The van der Waals surface area contributed by atoms with Crippen molar-refractivity contribution in [3.05, 3.63) is 77.5 Å². The Kier molecular flexibility index (Phi) is 4.95. The van der Waals surface area contributed by atoms with Crippen LogP contribution in [-0.2, 0) is 6.42 Å². The van der Waals surface area contributed by atoms with Crippen LogP contribution in [0.1, 0.15) is 29.7 Å². The highest BCUT2D eigenvalue weighted by molar-refractivity contribution is 5.59. The number of aryl methyl sites for hydroxylation is 2. The summed E-state index contributed by atoms with van der Waals surface area (Å²) in [6.07, 6.45) is 3.55. The maximum Gasteiger partial charge on any atom is 0.254 e. The molecular weight excluding hydrogens is 370 g/mol. The average Bonchev–Trinajstić information content (AvgIpc) is 3.18. The molecule has 0 spiro atoms. The predicted molar refractivity (Wildman–Crippen MR) is 121 cm³/mol. The first kappa shape index (κ1) is 18.8. The van der Waals surface area contributed by atoms with Crippen molar-refractivity contribution in [2.75, 3.05) is 18.0 Å². The van der Waals surface area contributed by atoms with Gasteiger partial charge < -0.3 is 4.90 Å². The molecule has 0 N–H and O–H groups in total. The van der Waals surface area contributed by atoms with Crippen molar-refractivity contribution in [1.82, 2.24) is 19.6 Å². The van der Waals surface area contributed by atoms with Crippen molar-refractivity contribution in [2.24, 2.45) is 5.92 Å². The summed E-state index contributed by atoms with van der Waals surface area (Å²) in [6.45, 7) is 6.20. The van der Waals surface area contributed by atoms with Gasteiger partial charge in [0, 0.05) is 30.4 Å². The summed E-state index contributed by atoms with van der Waals surface area (Å²) >= 11 is 0. The fourth-order valence-corrected chi connectivity index (χ4v) is 4.41. The zero-order chi connectivity index (χ0) is 20.5. The lowest BCUT2D eigenvalue weighted by Crippen LogP contribution is -2.35. The number of hydrogen-bond donors (Lipinski definition) is 0. The summed E-state index contributed by atoms with van der Waals surface area (Å²) in [6, 6.07) is 21.3. The van der Waals surface area contributed by atoms with E-state index in [1.807, 2.05) is 17.5 Å². The van der Waals surface area contributed by atoms with Gasteiger partial charge in [-0.25, -0.2) is 4.98 Å². The Morgan fingerprint density at radius 3 is 2.47 bits per heavy atom. The minimum absolute atomic E-state index is 0.674. The van der Waals surface area contributed by atoms with Gasteiger partial charge in [-0.15, -0.1) is 5.10 Å². The number of rotatable bonds is 4. The fourth-order valence-electron chi connectivity index (χ4n) is 4.41. The first-order valence-corrected chi connectivity index (χ1v) is 10.8. The second kappa shape index (κ2) is 7.90. The van der Waals surface area contributed by atoms with E-state index in [1.54, 1.807) is 0 Å². The molecule has 0 saturated carbocycles. The van der Waals surface area contributed by atoms with Gasteiger partial charge in [0.05, 0.1) is 0 Å². The topological polar surface area (TPSA) is 46.3 Å². The molecule has 1 saturated heterocycles. The maximum atomic E-state index is 4.83. The predicted octanol–water partition coefficient (Wildman–Crippen LogP) is 4.87. The summed E-state index contributed by atoms with van der Waals surface area (Å²) in [5.41, 5.74) is 4.66. The molecule has 1 aliphatic heterocycles. The molecule has 0 amide bonds. The molecule has 0 bridgehead atoms. The number of hydrogen-bond acceptors (Lipinski definition) is 4. The van der Waals surface area contributed by atoms with Crippen LogP contribution in [0.25, 0.3) is 17.2 Å². The van der Waals surface area contributed by atoms with Gasteiger partial charge in [-0.3, -0.25) is 0 Å². The molecule has 1 fully saturated rings. The molecule has 0 radical (unpaired) electrons. The quantitative estimate of drug-likeness (QED) is 0.493. The van der Waals surface area contributed by atoms with Crippen LogP contribution in [0.2, 0.25) is 0 Å². The van der Waals surface area contributed by atoms with Gasteiger partial charge in [0.25, 0.3) is 5.78 Å². The molecule has 5 nitrogen and oxygen atoms in total. The number of fused-ring (bicyclic) bond motifs is 1. The van der Waals surface area contributed by atoms with Gasteiger partial charge in [0.2, 0.25) is 0 Å². The van der Waals surface area contributed by atoms with Crippen LogP contribution in [0.4, 0.5) is 5.82 Å². The van der Waals surface area contributed by atoms with Crippen molar-refractivity contribution >= 4 is 11.6 Å². The number of benzene rings is 2. The molecule has 3 heterocycles. The highest BCUT2D eigenvalue weighted by atomic mass is 15.4. The van der Waals surface area contributed by atoms with Crippen molar-refractivity contribution < 1.29 is 0 Å². The van der Waals surface area contributed by atoms with E-state index in [4.69, 9.17) is 10.1 Å². The Balaban J connectivity index is 1.39. The van der Waals surface area contributed by atoms with Crippen molar-refractivity contribution in [3.63, 3.8) is 0 Å². The molecular formula is C25H27N5. The van der Waals surface area contributed by atoms with Crippen LogP contribution in [0.5, 0.6) is 0 Å². The second-order valence-electron chi connectivity index (χ2n) is 8.39. The number of anilines is 1. The lowest BCUT2D eigenvalue weighted by molar-refractivity contribution is 0.401. The lowest BCUT2D eigenvalue weighted by Gasteiger charge is -2.33. The van der Waals surface area contributed by atoms with Gasteiger partial charge >= 0.3 is 0 Å². The Bertz CT molecular complexity index is 1160. The molecule has 30 heavy (non-hydrogen) atoms. The van der Waals surface area contributed by atoms with E-state index < -0.39 is 0 Å². The fraction of sp³-hybridized carbons (Fsp3) is 0.320. The lowest BCUT2D eigenvalue weighted by atomic mass is 9.90. The number of aromatic nitrogens is 4. The zero-order valence-electron chi connectivity index (χ0n) is 17.6. The monoisotopic (exact) mass is 397 g/mol. The molecule has 152 valence electrons. The van der Waals surface area contributed by atoms with Gasteiger partial charge in [0.15, 0.2) is 5.82 Å². The Hall–Kier alpha value is -3.21. The smallest absolute Gasteiger partial charge is 0.254 e. The van der Waals surface area contributed by atoms with Crippen LogP contribution in [0.15, 0.2) is 60.7 Å². The summed E-state index contributed by atoms with van der Waals surface area (Å²) in [5.74, 6) is 3.24. The van der Waals surface area contributed by atoms with Gasteiger partial charge in [-0.1, -0.05) is 54.1 Å². The molecule has 1 aliphatic rings. The first-order chi connectivity index (χ1) is 14.7. The van der Waals surface area contributed by atoms with Crippen LogP contribution in [-0.4, -0.2) is 32.7 Å². The van der Waals surface area contributed by atoms with Crippen molar-refractivity contribution in [2.45, 2.75) is 33.1 Å². The van der Waals surface area contributed by atoms with Crippen LogP contribution in [0.3, 0.4) is 0 Å². The van der Waals surface area contributed by atoms with Crippen LogP contribution < -0.4 is 4.90 Å². The Morgan fingerprint density at radius 2 is 1.70 bits per heavy atom. The summed E-state index contributed by atoms with van der Waals surface area (Å²) in [7, 11) is 0. The van der Waals surface area contributed by atoms with E-state index in [9.17, 15) is 0 Å². The number of nitrogens with zero attached hydrogens (tertiary/aromatic N) is 5. The largest absolute Gasteiger partial charge is 0.356 e. The maximum absolute atomic E-state index is 4.83. The van der Waals surface area contributed by atoms with E-state index in [0.717, 1.165) is 41.9 Å². The van der Waals surface area contributed by atoms with E-state index in [1.165, 1.54) is 30.4 Å². The molecule has 2 aromatic carbocycles. The molecule has 2 aromatic heterocycles. The van der Waals surface area contributed by atoms with Crippen molar-refractivity contribution in [3.8, 4) is 11.4 Å². The van der Waals surface area contributed by atoms with E-state index in [0.29, 0.717) is 5.78 Å². The third-order valence-electron chi connectivity index (χ3n) is 6.00. The van der Waals surface area contributed by atoms with Crippen LogP contribution >= 0.6 is 0 Å². The summed E-state index contributed by atoms with van der Waals surface area (Å²) in [4.78, 5) is 11.8. The van der Waals surface area contributed by atoms with Gasteiger partial charge in [0.1, 0.15) is 5.82 Å². The standard InChI is InChI=1S/C25H27N5/c1-18-7-6-10-22(15-18)24-27-25-26-19(2)16-23(30(25)28-24)29-13-11-21(12-14-29)17-20-8-4-3-5-9-20/h3-10,15-16,21H,11-14,17H2,1-2H3. The zero-order valence-corrected chi connectivity index (χ0v) is 17.6. The van der Waals surface area contributed by atoms with Crippen molar-refractivity contribution in [1.29, 1.82) is 0 Å². The number of piperidine rings is 1. The van der Waals surface area contributed by atoms with E-state index in [-0.39, 0.29) is 0 Å². The summed E-state index contributed by atoms with van der Waals surface area (Å²) in [5, 5.41) is 4.83. The minimum atomic E-state index is 0.674. The average molecular weight is 398 g/mol. The molecule has 5 heteroatoms. The van der Waals surface area contributed by atoms with Gasteiger partial charge in [-0.2, -0.15) is 9.50 Å². The van der Waals surface area contributed by atoms with Crippen LogP contribution in [0, 0.1) is 19.8 Å². The summed E-state index contributed by atoms with van der Waals surface area (Å²) < 4.78 is 1.92. The first-order valence-electron chi connectivity index (χ1n) is 10.8. The normalized spacial score (nSPS) is 15.1. The minimum Gasteiger partial charge on any atom is -0.356 e. The molecule has 0 aliphatic carbocycles. The van der Waals surface area contributed by atoms with E-state index >= 15 is 0 Å². The molecule has 0 unspecified atom stereocenters. The molecule has 0 atom stereocenters. The third kappa shape index (κ3) is 3.80. The highest BCUT2D eigenvalue weighted by Gasteiger charge is 2.23. The SMILES string of the molecule is Cc1cccc(-c2nc3nc(C)cc(N4CCC(Cc5ccccc5)CC4)n3n2)c1. The molecule has 5 rings (SSSR count). The van der Waals surface area contributed by atoms with E-state index in [2.05, 4.69) is 71.4 Å². The molecule has 4 aromatic rings. The Labute approximate surface area is 177 Å². The highest BCUT2D eigenvalue weighted by Crippen LogP contribution is 2.27. The Morgan fingerprint density at radius 1 is 0.900 bits per heavy atom.